The molecule has 0 atom stereocenters. The molecule has 1 rings (SSSR count). The Hall–Kier alpha value is -1.95. The van der Waals surface area contributed by atoms with Gasteiger partial charge in [-0.25, -0.2) is 0 Å². The number of ether oxygens (including phenoxy) is 2. The second-order valence-electron chi connectivity index (χ2n) is 4.59. The summed E-state index contributed by atoms with van der Waals surface area (Å²) in [7, 11) is 1.60. The zero-order chi connectivity index (χ0) is 15.5. The van der Waals surface area contributed by atoms with Gasteiger partial charge in [0, 0.05) is 26.6 Å². The summed E-state index contributed by atoms with van der Waals surface area (Å²) in [6, 6.07) is 5.59. The average Bonchev–Trinajstić information content (AvgIpc) is 2.48. The van der Waals surface area contributed by atoms with Gasteiger partial charge in [-0.1, -0.05) is 13.0 Å². The minimum atomic E-state index is -0.0171. The molecule has 4 N–H and O–H groups in total. The van der Waals surface area contributed by atoms with Gasteiger partial charge in [0.1, 0.15) is 5.75 Å². The van der Waals surface area contributed by atoms with E-state index < -0.39 is 0 Å². The number of amides is 1. The first-order valence-electron chi connectivity index (χ1n) is 7.19. The number of hydrogen-bond donors (Lipinski definition) is 3. The van der Waals surface area contributed by atoms with Gasteiger partial charge in [-0.15, -0.1) is 0 Å². The van der Waals surface area contributed by atoms with Gasteiger partial charge >= 0.3 is 0 Å². The highest BCUT2D eigenvalue weighted by molar-refractivity contribution is 5.77. The minimum absolute atomic E-state index is 0.0171. The number of carbonyl (C=O) groups excluding carboxylic acids is 1. The van der Waals surface area contributed by atoms with Crippen molar-refractivity contribution in [3.05, 3.63) is 18.2 Å². The van der Waals surface area contributed by atoms with Gasteiger partial charge in [0.05, 0.1) is 24.6 Å². The van der Waals surface area contributed by atoms with E-state index >= 15 is 0 Å². The van der Waals surface area contributed by atoms with Crippen molar-refractivity contribution in [1.82, 2.24) is 5.32 Å². The van der Waals surface area contributed by atoms with Crippen molar-refractivity contribution in [2.75, 3.05) is 44.5 Å². The lowest BCUT2D eigenvalue weighted by molar-refractivity contribution is -0.121. The highest BCUT2D eigenvalue weighted by atomic mass is 16.5. The van der Waals surface area contributed by atoms with Crippen LogP contribution in [0.5, 0.6) is 5.75 Å². The molecular formula is C15H25N3O3. The first kappa shape index (κ1) is 17.1. The lowest BCUT2D eigenvalue weighted by Crippen LogP contribution is -2.28. The van der Waals surface area contributed by atoms with Crippen molar-refractivity contribution in [3.63, 3.8) is 0 Å². The first-order valence-corrected chi connectivity index (χ1v) is 7.19. The van der Waals surface area contributed by atoms with Crippen molar-refractivity contribution in [2.24, 2.45) is 0 Å². The summed E-state index contributed by atoms with van der Waals surface area (Å²) < 4.78 is 10.4. The molecule has 0 heterocycles. The van der Waals surface area contributed by atoms with E-state index in [9.17, 15) is 4.79 Å². The van der Waals surface area contributed by atoms with Gasteiger partial charge in [0.15, 0.2) is 0 Å². The third kappa shape index (κ3) is 6.35. The number of nitrogen functional groups attached to an aromatic ring is 1. The normalized spacial score (nSPS) is 10.2. The highest BCUT2D eigenvalue weighted by Crippen LogP contribution is 2.29. The van der Waals surface area contributed by atoms with Crippen molar-refractivity contribution in [1.29, 1.82) is 0 Å². The van der Waals surface area contributed by atoms with Crippen LogP contribution in [0.25, 0.3) is 0 Å². The molecule has 1 amide bonds. The molecule has 0 aliphatic heterocycles. The number of anilines is 2. The van der Waals surface area contributed by atoms with Crippen LogP contribution >= 0.6 is 0 Å². The second-order valence-corrected chi connectivity index (χ2v) is 4.59. The summed E-state index contributed by atoms with van der Waals surface area (Å²) in [4.78, 5) is 11.5. The van der Waals surface area contributed by atoms with E-state index in [-0.39, 0.29) is 5.91 Å². The number of methoxy groups -OCH3 is 1. The average molecular weight is 295 g/mol. The molecule has 21 heavy (non-hydrogen) atoms. The largest absolute Gasteiger partial charge is 0.491 e. The zero-order valence-electron chi connectivity index (χ0n) is 12.8. The van der Waals surface area contributed by atoms with Crippen LogP contribution in [0, 0.1) is 0 Å². The minimum Gasteiger partial charge on any atom is -0.491 e. The molecule has 0 fully saturated rings. The lowest BCUT2D eigenvalue weighted by atomic mass is 10.2. The molecule has 0 saturated carbocycles. The Morgan fingerprint density at radius 3 is 2.81 bits per heavy atom. The van der Waals surface area contributed by atoms with E-state index in [2.05, 4.69) is 10.6 Å². The van der Waals surface area contributed by atoms with E-state index in [1.165, 1.54) is 0 Å². The number of para-hydroxylation sites is 1. The standard InChI is InChI=1S/C15H25N3O3/c1-3-10-21-13-6-4-5-12(15(13)16)17-8-7-14(19)18-9-11-20-2/h4-6,17H,3,7-11,16H2,1-2H3,(H,18,19). The Bertz CT molecular complexity index is 438. The van der Waals surface area contributed by atoms with Crippen molar-refractivity contribution < 1.29 is 14.3 Å². The number of hydrogen-bond acceptors (Lipinski definition) is 5. The Balaban J connectivity index is 2.39. The molecule has 1 aromatic carbocycles. The van der Waals surface area contributed by atoms with Gasteiger partial charge in [-0.2, -0.15) is 0 Å². The molecule has 118 valence electrons. The third-order valence-electron chi connectivity index (χ3n) is 2.82. The molecule has 0 bridgehead atoms. The van der Waals surface area contributed by atoms with Crippen molar-refractivity contribution in [3.8, 4) is 5.75 Å². The Morgan fingerprint density at radius 1 is 1.29 bits per heavy atom. The Labute approximate surface area is 126 Å². The number of carbonyl (C=O) groups is 1. The molecular weight excluding hydrogens is 270 g/mol. The fraction of sp³-hybridized carbons (Fsp3) is 0.533. The van der Waals surface area contributed by atoms with Crippen LogP contribution in [0.3, 0.4) is 0 Å². The molecule has 0 radical (unpaired) electrons. The van der Waals surface area contributed by atoms with Crippen LogP contribution in [0.2, 0.25) is 0 Å². The van der Waals surface area contributed by atoms with Crippen LogP contribution in [-0.2, 0) is 9.53 Å². The van der Waals surface area contributed by atoms with Crippen molar-refractivity contribution in [2.45, 2.75) is 19.8 Å². The SMILES string of the molecule is CCCOc1cccc(NCCC(=O)NCCOC)c1N. The van der Waals surface area contributed by atoms with Crippen molar-refractivity contribution >= 4 is 17.3 Å². The van der Waals surface area contributed by atoms with Crippen LogP contribution in [-0.4, -0.2) is 39.3 Å². The Morgan fingerprint density at radius 2 is 2.10 bits per heavy atom. The fourth-order valence-electron chi connectivity index (χ4n) is 1.73. The number of rotatable bonds is 10. The van der Waals surface area contributed by atoms with E-state index in [0.717, 1.165) is 12.1 Å². The maximum absolute atomic E-state index is 11.5. The number of benzene rings is 1. The molecule has 0 aromatic heterocycles. The molecule has 6 heteroatoms. The summed E-state index contributed by atoms with van der Waals surface area (Å²) in [5.74, 6) is 0.655. The molecule has 0 spiro atoms. The summed E-state index contributed by atoms with van der Waals surface area (Å²) >= 11 is 0. The first-order chi connectivity index (χ1) is 10.2. The van der Waals surface area contributed by atoms with E-state index in [1.54, 1.807) is 7.11 Å². The maximum Gasteiger partial charge on any atom is 0.221 e. The molecule has 0 aliphatic carbocycles. The summed E-state index contributed by atoms with van der Waals surface area (Å²) in [5.41, 5.74) is 7.39. The summed E-state index contributed by atoms with van der Waals surface area (Å²) in [5, 5.41) is 5.92. The van der Waals surface area contributed by atoms with Gasteiger partial charge in [0.25, 0.3) is 0 Å². The fourth-order valence-corrected chi connectivity index (χ4v) is 1.73. The van der Waals surface area contributed by atoms with Crippen LogP contribution < -0.4 is 21.1 Å². The van der Waals surface area contributed by atoms with Gasteiger partial charge < -0.3 is 25.8 Å². The highest BCUT2D eigenvalue weighted by Gasteiger charge is 2.06. The van der Waals surface area contributed by atoms with Crippen LogP contribution in [0.4, 0.5) is 11.4 Å². The third-order valence-corrected chi connectivity index (χ3v) is 2.82. The molecule has 6 nitrogen and oxygen atoms in total. The molecule has 0 aliphatic rings. The second kappa shape index (κ2) is 9.88. The topological polar surface area (TPSA) is 85.6 Å². The van der Waals surface area contributed by atoms with Gasteiger partial charge in [-0.05, 0) is 18.6 Å². The predicted octanol–water partition coefficient (Wildman–Crippen LogP) is 1.62. The van der Waals surface area contributed by atoms with E-state index in [1.807, 2.05) is 25.1 Å². The predicted molar refractivity (Wildman–Crippen MR) is 84.6 cm³/mol. The molecule has 1 aromatic rings. The lowest BCUT2D eigenvalue weighted by Gasteiger charge is -2.13. The Kier molecular flexibility index (Phi) is 8.04. The smallest absolute Gasteiger partial charge is 0.221 e. The van der Waals surface area contributed by atoms with Gasteiger partial charge in [0.2, 0.25) is 5.91 Å². The van der Waals surface area contributed by atoms with Gasteiger partial charge in [-0.3, -0.25) is 4.79 Å². The van der Waals surface area contributed by atoms with E-state index in [4.69, 9.17) is 15.2 Å². The summed E-state index contributed by atoms with van der Waals surface area (Å²) in [6.07, 6.45) is 1.31. The van der Waals surface area contributed by atoms with E-state index in [0.29, 0.717) is 44.2 Å². The van der Waals surface area contributed by atoms with Crippen LogP contribution in [0.15, 0.2) is 18.2 Å². The number of nitrogens with one attached hydrogen (secondary N) is 2. The monoisotopic (exact) mass is 295 g/mol. The zero-order valence-corrected chi connectivity index (χ0v) is 12.8. The maximum atomic E-state index is 11.5. The molecule has 0 unspecified atom stereocenters. The molecule has 0 saturated heterocycles. The van der Waals surface area contributed by atoms with Crippen LogP contribution in [0.1, 0.15) is 19.8 Å². The summed E-state index contributed by atoms with van der Waals surface area (Å²) in [6.45, 7) is 4.23. The quantitative estimate of drug-likeness (QED) is 0.451. The number of nitrogens with two attached hydrogens (primary N) is 1.